The summed E-state index contributed by atoms with van der Waals surface area (Å²) in [6, 6.07) is 12.6. The van der Waals surface area contributed by atoms with Crippen LogP contribution in [0, 0.1) is 13.8 Å². The van der Waals surface area contributed by atoms with E-state index in [-0.39, 0.29) is 5.91 Å². The summed E-state index contributed by atoms with van der Waals surface area (Å²) >= 11 is 0. The number of nitrogens with zero attached hydrogens (tertiary/aromatic N) is 1. The lowest BCUT2D eigenvalue weighted by atomic mass is 10.1. The molecule has 0 unspecified atom stereocenters. The van der Waals surface area contributed by atoms with Crippen molar-refractivity contribution in [2.75, 3.05) is 23.7 Å². The summed E-state index contributed by atoms with van der Waals surface area (Å²) in [5.74, 6) is 0.565. The molecule has 0 aliphatic carbocycles. The van der Waals surface area contributed by atoms with E-state index in [1.807, 2.05) is 64.1 Å². The molecule has 0 aliphatic heterocycles. The monoisotopic (exact) mass is 446 g/mol. The van der Waals surface area contributed by atoms with Crippen molar-refractivity contribution in [3.05, 3.63) is 59.2 Å². The van der Waals surface area contributed by atoms with Crippen molar-refractivity contribution in [2.45, 2.75) is 53.0 Å². The molecule has 2 aromatic carbocycles. The topological polar surface area (TPSA) is 75.7 Å². The molecule has 0 bridgehead atoms. The van der Waals surface area contributed by atoms with E-state index in [1.165, 1.54) is 4.31 Å². The first-order valence-corrected chi connectivity index (χ1v) is 12.6. The van der Waals surface area contributed by atoms with Gasteiger partial charge in [-0.2, -0.15) is 0 Å². The molecule has 0 aliphatic rings. The van der Waals surface area contributed by atoms with Crippen LogP contribution < -0.4 is 14.4 Å². The van der Waals surface area contributed by atoms with E-state index in [1.54, 1.807) is 6.07 Å². The number of hydrogen-bond donors (Lipinski definition) is 1. The third kappa shape index (κ3) is 6.99. The Hall–Kier alpha value is -2.54. The number of aryl methyl sites for hydroxylation is 3. The van der Waals surface area contributed by atoms with Crippen molar-refractivity contribution in [1.82, 2.24) is 5.32 Å². The number of hydrogen-bond acceptors (Lipinski definition) is 4. The van der Waals surface area contributed by atoms with Crippen LogP contribution in [-0.2, 0) is 21.2 Å². The normalized spacial score (nSPS) is 12.3. The molecular formula is C24H34N2O4S. The van der Waals surface area contributed by atoms with Gasteiger partial charge >= 0.3 is 0 Å². The number of rotatable bonds is 11. The molecule has 0 saturated heterocycles. The molecule has 0 aromatic heterocycles. The van der Waals surface area contributed by atoms with Gasteiger partial charge in [-0.05, 0) is 81.0 Å². The average molecular weight is 447 g/mol. The Balaban J connectivity index is 2.02. The molecule has 1 amide bonds. The van der Waals surface area contributed by atoms with Crippen LogP contribution in [0.3, 0.4) is 0 Å². The van der Waals surface area contributed by atoms with Crippen molar-refractivity contribution in [3.63, 3.8) is 0 Å². The summed E-state index contributed by atoms with van der Waals surface area (Å²) in [7, 11) is -3.63. The first-order chi connectivity index (χ1) is 14.7. The second-order valence-electron chi connectivity index (χ2n) is 7.72. The van der Waals surface area contributed by atoms with Gasteiger partial charge in [0, 0.05) is 6.54 Å². The van der Waals surface area contributed by atoms with Gasteiger partial charge in [-0.1, -0.05) is 25.1 Å². The molecule has 1 N–H and O–H groups in total. The Labute approximate surface area is 186 Å². The maximum atomic E-state index is 12.9. The number of carbonyl (C=O) groups is 1. The Morgan fingerprint density at radius 1 is 1.06 bits per heavy atom. The maximum absolute atomic E-state index is 12.9. The minimum Gasteiger partial charge on any atom is -0.494 e. The molecular weight excluding hydrogens is 412 g/mol. The number of carbonyl (C=O) groups excluding carboxylic acids is 1. The summed E-state index contributed by atoms with van der Waals surface area (Å²) in [6.45, 7) is 8.79. The van der Waals surface area contributed by atoms with Crippen LogP contribution in [0.2, 0.25) is 0 Å². The zero-order valence-electron chi connectivity index (χ0n) is 19.1. The molecule has 0 heterocycles. The lowest BCUT2D eigenvalue weighted by Gasteiger charge is -2.30. The summed E-state index contributed by atoms with van der Waals surface area (Å²) in [5, 5.41) is 2.91. The Morgan fingerprint density at radius 3 is 2.29 bits per heavy atom. The van der Waals surface area contributed by atoms with Gasteiger partial charge in [-0.25, -0.2) is 8.42 Å². The van der Waals surface area contributed by atoms with Crippen molar-refractivity contribution < 1.29 is 17.9 Å². The summed E-state index contributed by atoms with van der Waals surface area (Å²) in [6.07, 6.45) is 3.10. The van der Waals surface area contributed by atoms with Gasteiger partial charge in [-0.15, -0.1) is 0 Å². The van der Waals surface area contributed by atoms with Crippen LogP contribution in [0.4, 0.5) is 5.69 Å². The van der Waals surface area contributed by atoms with Crippen molar-refractivity contribution in [3.8, 4) is 5.75 Å². The molecule has 0 fully saturated rings. The highest BCUT2D eigenvalue weighted by Crippen LogP contribution is 2.25. The minimum absolute atomic E-state index is 0.280. The SMILES string of the molecule is CCOc1ccc(CCCNC(=O)[C@@H](CC)N(c2ccc(C)c(C)c2)S(C)(=O)=O)cc1. The van der Waals surface area contributed by atoms with E-state index in [9.17, 15) is 13.2 Å². The van der Waals surface area contributed by atoms with Gasteiger partial charge < -0.3 is 10.1 Å². The van der Waals surface area contributed by atoms with Crippen molar-refractivity contribution in [2.24, 2.45) is 0 Å². The predicted molar refractivity (Wildman–Crippen MR) is 126 cm³/mol. The Kier molecular flexibility index (Phi) is 8.92. The second kappa shape index (κ2) is 11.2. The number of anilines is 1. The summed E-state index contributed by atoms with van der Waals surface area (Å²) in [5.41, 5.74) is 3.74. The summed E-state index contributed by atoms with van der Waals surface area (Å²) in [4.78, 5) is 12.9. The maximum Gasteiger partial charge on any atom is 0.243 e. The fourth-order valence-electron chi connectivity index (χ4n) is 3.46. The van der Waals surface area contributed by atoms with Crippen molar-refractivity contribution in [1.29, 1.82) is 0 Å². The number of sulfonamides is 1. The standard InChI is InChI=1S/C24H34N2O4S/c1-6-23(26(31(5,28)29)21-13-10-18(3)19(4)17-21)24(27)25-16-8-9-20-11-14-22(15-12-20)30-7-2/h10-15,17,23H,6-9,16H2,1-5H3,(H,25,27)/t23-/m1/s1. The third-order valence-electron chi connectivity index (χ3n) is 5.25. The molecule has 7 heteroatoms. The number of benzene rings is 2. The van der Waals surface area contributed by atoms with E-state index in [0.717, 1.165) is 41.5 Å². The minimum atomic E-state index is -3.63. The van der Waals surface area contributed by atoms with Crippen LogP contribution in [-0.4, -0.2) is 39.8 Å². The quantitative estimate of drug-likeness (QED) is 0.530. The number of amides is 1. The Bertz CT molecular complexity index is 972. The largest absolute Gasteiger partial charge is 0.494 e. The first-order valence-electron chi connectivity index (χ1n) is 10.7. The molecule has 31 heavy (non-hydrogen) atoms. The van der Waals surface area contributed by atoms with Crippen molar-refractivity contribution >= 4 is 21.6 Å². The van der Waals surface area contributed by atoms with Crippen LogP contribution >= 0.6 is 0 Å². The van der Waals surface area contributed by atoms with Gasteiger partial charge in [0.15, 0.2) is 0 Å². The fourth-order valence-corrected chi connectivity index (χ4v) is 4.67. The van der Waals surface area contributed by atoms with Gasteiger partial charge in [-0.3, -0.25) is 9.10 Å². The third-order valence-corrected chi connectivity index (χ3v) is 6.43. The van der Waals surface area contributed by atoms with Gasteiger partial charge in [0.2, 0.25) is 15.9 Å². The molecule has 6 nitrogen and oxygen atoms in total. The highest BCUT2D eigenvalue weighted by atomic mass is 32.2. The molecule has 0 radical (unpaired) electrons. The van der Waals surface area contributed by atoms with Gasteiger partial charge in [0.1, 0.15) is 11.8 Å². The molecule has 170 valence electrons. The van der Waals surface area contributed by atoms with Crippen LogP contribution in [0.1, 0.15) is 43.4 Å². The predicted octanol–water partition coefficient (Wildman–Crippen LogP) is 4.00. The van der Waals surface area contributed by atoms with Crippen LogP contribution in [0.25, 0.3) is 0 Å². The lowest BCUT2D eigenvalue weighted by molar-refractivity contribution is -0.122. The van der Waals surface area contributed by atoms with Gasteiger partial charge in [0.05, 0.1) is 18.6 Å². The van der Waals surface area contributed by atoms with Crippen LogP contribution in [0.5, 0.6) is 5.75 Å². The molecule has 2 rings (SSSR count). The molecule has 0 spiro atoms. The molecule has 0 saturated carbocycles. The van der Waals surface area contributed by atoms with Crippen LogP contribution in [0.15, 0.2) is 42.5 Å². The zero-order chi connectivity index (χ0) is 23.0. The fraction of sp³-hybridized carbons (Fsp3) is 0.458. The highest BCUT2D eigenvalue weighted by Gasteiger charge is 2.31. The number of nitrogens with one attached hydrogen (secondary N) is 1. The molecule has 2 aromatic rings. The molecule has 1 atom stereocenters. The number of ether oxygens (including phenoxy) is 1. The lowest BCUT2D eigenvalue weighted by Crippen LogP contribution is -2.49. The Morgan fingerprint density at radius 2 is 1.74 bits per heavy atom. The van der Waals surface area contributed by atoms with E-state index >= 15 is 0 Å². The van der Waals surface area contributed by atoms with E-state index in [4.69, 9.17) is 4.74 Å². The summed E-state index contributed by atoms with van der Waals surface area (Å²) < 4.78 is 31.8. The van der Waals surface area contributed by atoms with E-state index in [0.29, 0.717) is 25.3 Å². The first kappa shape index (κ1) is 24.7. The van der Waals surface area contributed by atoms with E-state index in [2.05, 4.69) is 5.32 Å². The second-order valence-corrected chi connectivity index (χ2v) is 9.58. The van der Waals surface area contributed by atoms with Gasteiger partial charge in [0.25, 0.3) is 0 Å². The average Bonchev–Trinajstić information content (AvgIpc) is 2.72. The smallest absolute Gasteiger partial charge is 0.243 e. The highest BCUT2D eigenvalue weighted by molar-refractivity contribution is 7.92. The zero-order valence-corrected chi connectivity index (χ0v) is 20.0. The van der Waals surface area contributed by atoms with E-state index < -0.39 is 16.1 Å².